The monoisotopic (exact) mass is 315 g/mol. The second-order valence-corrected chi connectivity index (χ2v) is 5.02. The molecule has 0 aliphatic rings. The maximum Gasteiger partial charge on any atom is 0.454 e. The predicted molar refractivity (Wildman–Crippen MR) is 83.8 cm³/mol. The Bertz CT molecular complexity index is 876. The minimum Gasteiger partial charge on any atom is -0.354 e. The summed E-state index contributed by atoms with van der Waals surface area (Å²) in [5.74, 6) is -1.87. The first-order valence-corrected chi connectivity index (χ1v) is 6.92. The van der Waals surface area contributed by atoms with Crippen molar-refractivity contribution >= 4 is 22.8 Å². The molecule has 5 heteroatoms. The fraction of sp³-hybridized carbons (Fsp3) is 0.0556. The number of fused-ring (bicyclic) bond motifs is 1. The number of halogens is 3. The van der Waals surface area contributed by atoms with Gasteiger partial charge in [0.15, 0.2) is 0 Å². The number of allylic oxidation sites excluding steroid dienone is 1. The van der Waals surface area contributed by atoms with Gasteiger partial charge in [-0.2, -0.15) is 13.2 Å². The van der Waals surface area contributed by atoms with E-state index in [1.54, 1.807) is 12.1 Å². The van der Waals surface area contributed by atoms with Crippen molar-refractivity contribution in [2.24, 2.45) is 0 Å². The lowest BCUT2D eigenvalue weighted by molar-refractivity contribution is -0.165. The molecular weight excluding hydrogens is 303 g/mol. The Morgan fingerprint density at radius 2 is 1.61 bits per heavy atom. The summed E-state index contributed by atoms with van der Waals surface area (Å²) < 4.78 is 37.2. The van der Waals surface area contributed by atoms with Gasteiger partial charge in [-0.15, -0.1) is 0 Å². The molecule has 0 amide bonds. The van der Waals surface area contributed by atoms with Crippen LogP contribution in [0.2, 0.25) is 0 Å². The van der Waals surface area contributed by atoms with E-state index in [0.29, 0.717) is 17.3 Å². The topological polar surface area (TPSA) is 32.9 Å². The van der Waals surface area contributed by atoms with E-state index in [0.717, 1.165) is 16.5 Å². The van der Waals surface area contributed by atoms with Gasteiger partial charge in [-0.1, -0.05) is 48.5 Å². The van der Waals surface area contributed by atoms with Gasteiger partial charge in [-0.3, -0.25) is 4.79 Å². The van der Waals surface area contributed by atoms with Gasteiger partial charge in [0.25, 0.3) is 5.78 Å². The van der Waals surface area contributed by atoms with E-state index in [1.165, 1.54) is 6.08 Å². The molecule has 0 saturated carbocycles. The quantitative estimate of drug-likeness (QED) is 0.679. The minimum absolute atomic E-state index is 0.560. The molecule has 0 spiro atoms. The number of carbonyl (C=O) groups excluding carboxylic acids is 1. The van der Waals surface area contributed by atoms with Crippen LogP contribution in [0.4, 0.5) is 13.2 Å². The summed E-state index contributed by atoms with van der Waals surface area (Å²) in [4.78, 5) is 14.3. The maximum atomic E-state index is 12.4. The largest absolute Gasteiger partial charge is 0.454 e. The Balaban J connectivity index is 2.14. The highest BCUT2D eigenvalue weighted by Crippen LogP contribution is 2.31. The third-order valence-electron chi connectivity index (χ3n) is 3.49. The summed E-state index contributed by atoms with van der Waals surface area (Å²) in [7, 11) is 0. The van der Waals surface area contributed by atoms with Crippen molar-refractivity contribution in [3.05, 3.63) is 66.2 Å². The molecule has 0 radical (unpaired) electrons. The predicted octanol–water partition coefficient (Wildman–Crippen LogP) is 4.98. The van der Waals surface area contributed by atoms with Crippen LogP contribution in [0.5, 0.6) is 0 Å². The minimum atomic E-state index is -4.87. The molecule has 2 nitrogen and oxygen atoms in total. The van der Waals surface area contributed by atoms with Crippen molar-refractivity contribution in [1.82, 2.24) is 4.98 Å². The third kappa shape index (κ3) is 3.04. The van der Waals surface area contributed by atoms with E-state index < -0.39 is 12.0 Å². The summed E-state index contributed by atoms with van der Waals surface area (Å²) in [6.07, 6.45) is -3.07. The van der Waals surface area contributed by atoms with Gasteiger partial charge < -0.3 is 4.98 Å². The first-order valence-electron chi connectivity index (χ1n) is 6.92. The van der Waals surface area contributed by atoms with Crippen LogP contribution < -0.4 is 0 Å². The molecule has 0 aliphatic carbocycles. The van der Waals surface area contributed by atoms with Crippen molar-refractivity contribution in [3.8, 4) is 11.3 Å². The molecule has 3 aromatic rings. The van der Waals surface area contributed by atoms with E-state index >= 15 is 0 Å². The Hall–Kier alpha value is -2.82. The van der Waals surface area contributed by atoms with Gasteiger partial charge in [-0.05, 0) is 23.8 Å². The number of ketones is 1. The molecule has 116 valence electrons. The van der Waals surface area contributed by atoms with Crippen LogP contribution in [0.15, 0.2) is 60.7 Å². The molecule has 0 bridgehead atoms. The van der Waals surface area contributed by atoms with Crippen molar-refractivity contribution in [3.63, 3.8) is 0 Å². The molecule has 0 unspecified atom stereocenters. The molecule has 23 heavy (non-hydrogen) atoms. The Morgan fingerprint density at radius 1 is 0.957 bits per heavy atom. The van der Waals surface area contributed by atoms with E-state index in [9.17, 15) is 18.0 Å². The molecule has 0 aliphatic heterocycles. The molecular formula is C18H12F3NO. The molecule has 0 atom stereocenters. The fourth-order valence-electron chi connectivity index (χ4n) is 2.42. The van der Waals surface area contributed by atoms with E-state index in [-0.39, 0.29) is 0 Å². The zero-order valence-corrected chi connectivity index (χ0v) is 11.9. The lowest BCUT2D eigenvalue weighted by Gasteiger charge is -2.02. The second-order valence-electron chi connectivity index (χ2n) is 5.02. The van der Waals surface area contributed by atoms with E-state index in [1.807, 2.05) is 42.5 Å². The molecule has 1 heterocycles. The van der Waals surface area contributed by atoms with Gasteiger partial charge in [0.1, 0.15) is 0 Å². The summed E-state index contributed by atoms with van der Waals surface area (Å²) in [5.41, 5.74) is 2.87. The zero-order chi connectivity index (χ0) is 16.4. The lowest BCUT2D eigenvalue weighted by atomic mass is 10.0. The van der Waals surface area contributed by atoms with Crippen LogP contribution in [0.1, 0.15) is 5.56 Å². The number of aromatic nitrogens is 1. The van der Waals surface area contributed by atoms with Crippen LogP contribution in [0.3, 0.4) is 0 Å². The number of carbonyl (C=O) groups is 1. The first kappa shape index (κ1) is 15.1. The smallest absolute Gasteiger partial charge is 0.354 e. The van der Waals surface area contributed by atoms with Crippen molar-refractivity contribution in [2.45, 2.75) is 6.18 Å². The number of benzene rings is 2. The number of alkyl halides is 3. The second kappa shape index (κ2) is 5.76. The molecule has 3 rings (SSSR count). The van der Waals surface area contributed by atoms with Crippen LogP contribution >= 0.6 is 0 Å². The molecule has 0 saturated heterocycles. The Morgan fingerprint density at radius 3 is 2.30 bits per heavy atom. The molecule has 2 aromatic carbocycles. The SMILES string of the molecule is O=C(/C=C/c1c(-c2ccccc2)[nH]c2ccccc12)C(F)(F)F. The third-order valence-corrected chi connectivity index (χ3v) is 3.49. The van der Waals surface area contributed by atoms with E-state index in [2.05, 4.69) is 4.98 Å². The summed E-state index contributed by atoms with van der Waals surface area (Å²) in [5, 5.41) is 0.762. The van der Waals surface area contributed by atoms with Crippen molar-refractivity contribution < 1.29 is 18.0 Å². The number of hydrogen-bond donors (Lipinski definition) is 1. The van der Waals surface area contributed by atoms with E-state index in [4.69, 9.17) is 0 Å². The number of aromatic amines is 1. The van der Waals surface area contributed by atoms with Crippen molar-refractivity contribution in [1.29, 1.82) is 0 Å². The van der Waals surface area contributed by atoms with Crippen LogP contribution in [-0.4, -0.2) is 16.9 Å². The standard InChI is InChI=1S/C18H12F3NO/c19-18(20,21)16(23)11-10-14-13-8-4-5-9-15(13)22-17(14)12-6-2-1-3-7-12/h1-11,22H/b11-10+. The number of H-pyrrole nitrogens is 1. The van der Waals surface area contributed by atoms with Crippen LogP contribution in [0, 0.1) is 0 Å². The number of para-hydroxylation sites is 1. The number of rotatable bonds is 3. The fourth-order valence-corrected chi connectivity index (χ4v) is 2.42. The Kier molecular flexibility index (Phi) is 3.78. The number of nitrogens with one attached hydrogen (secondary N) is 1. The summed E-state index contributed by atoms with van der Waals surface area (Å²) in [6.45, 7) is 0. The highest BCUT2D eigenvalue weighted by molar-refractivity contribution is 6.03. The van der Waals surface area contributed by atoms with Gasteiger partial charge >= 0.3 is 6.18 Å². The Labute approximate surface area is 130 Å². The highest BCUT2D eigenvalue weighted by Gasteiger charge is 2.36. The first-order chi connectivity index (χ1) is 11.0. The summed E-state index contributed by atoms with van der Waals surface area (Å²) >= 11 is 0. The highest BCUT2D eigenvalue weighted by atomic mass is 19.4. The maximum absolute atomic E-state index is 12.4. The van der Waals surface area contributed by atoms with Gasteiger partial charge in [-0.25, -0.2) is 0 Å². The van der Waals surface area contributed by atoms with Crippen molar-refractivity contribution in [2.75, 3.05) is 0 Å². The average molecular weight is 315 g/mol. The normalized spacial score (nSPS) is 12.1. The summed E-state index contributed by atoms with van der Waals surface area (Å²) in [6, 6.07) is 16.5. The van der Waals surface area contributed by atoms with Gasteiger partial charge in [0.05, 0.1) is 5.69 Å². The van der Waals surface area contributed by atoms with Gasteiger partial charge in [0, 0.05) is 16.5 Å². The average Bonchev–Trinajstić information content (AvgIpc) is 2.91. The zero-order valence-electron chi connectivity index (χ0n) is 11.9. The molecule has 1 aromatic heterocycles. The molecule has 0 fully saturated rings. The van der Waals surface area contributed by atoms with Crippen LogP contribution in [0.25, 0.3) is 28.2 Å². The lowest BCUT2D eigenvalue weighted by Crippen LogP contribution is -2.19. The molecule has 1 N–H and O–H groups in total. The number of hydrogen-bond acceptors (Lipinski definition) is 1. The van der Waals surface area contributed by atoms with Crippen LogP contribution in [-0.2, 0) is 4.79 Å². The van der Waals surface area contributed by atoms with Gasteiger partial charge in [0.2, 0.25) is 0 Å².